The highest BCUT2D eigenvalue weighted by Crippen LogP contribution is 2.44. The highest BCUT2D eigenvalue weighted by molar-refractivity contribution is 8.00. The van der Waals surface area contributed by atoms with E-state index in [4.69, 9.17) is 9.84 Å². The van der Waals surface area contributed by atoms with Gasteiger partial charge in [0.15, 0.2) is 0 Å². The van der Waals surface area contributed by atoms with Crippen LogP contribution in [0.25, 0.3) is 0 Å². The molecule has 0 saturated carbocycles. The maximum absolute atomic E-state index is 13.4. The third kappa shape index (κ3) is 3.86. The molecule has 1 aliphatic heterocycles. The maximum atomic E-state index is 13.4. The molecule has 0 spiro atoms. The van der Waals surface area contributed by atoms with Gasteiger partial charge in [0.05, 0.1) is 24.6 Å². The van der Waals surface area contributed by atoms with Crippen LogP contribution in [0.2, 0.25) is 0 Å². The van der Waals surface area contributed by atoms with Gasteiger partial charge in [0.1, 0.15) is 5.75 Å². The number of aryl methyl sites for hydroxylation is 1. The van der Waals surface area contributed by atoms with Crippen LogP contribution in [0.5, 0.6) is 5.75 Å². The lowest BCUT2D eigenvalue weighted by atomic mass is 9.77. The Balaban J connectivity index is 1.47. The Hall–Kier alpha value is -3.05. The number of benzene rings is 3. The van der Waals surface area contributed by atoms with Gasteiger partial charge in [-0.05, 0) is 48.2 Å². The van der Waals surface area contributed by atoms with Crippen molar-refractivity contribution in [1.29, 1.82) is 0 Å². The van der Waals surface area contributed by atoms with E-state index >= 15 is 0 Å². The number of thioether (sulfide) groups is 1. The molecule has 0 radical (unpaired) electrons. The van der Waals surface area contributed by atoms with Gasteiger partial charge in [-0.15, -0.1) is 11.8 Å². The van der Waals surface area contributed by atoms with Gasteiger partial charge in [0, 0.05) is 16.4 Å². The predicted molar refractivity (Wildman–Crippen MR) is 125 cm³/mol. The Morgan fingerprint density at radius 3 is 2.55 bits per heavy atom. The van der Waals surface area contributed by atoms with Crippen molar-refractivity contribution in [3.05, 3.63) is 95.6 Å². The number of amides is 1. The molecule has 5 heteroatoms. The molecule has 0 N–H and O–H groups in total. The smallest absolute Gasteiger partial charge is 0.253 e. The fourth-order valence-corrected chi connectivity index (χ4v) is 5.31. The Bertz CT molecular complexity index is 1110. The molecule has 1 aliphatic carbocycles. The van der Waals surface area contributed by atoms with E-state index < -0.39 is 0 Å². The minimum Gasteiger partial charge on any atom is -0.497 e. The lowest BCUT2D eigenvalue weighted by molar-refractivity contribution is -0.130. The van der Waals surface area contributed by atoms with Crippen LogP contribution >= 0.6 is 11.8 Å². The van der Waals surface area contributed by atoms with Crippen LogP contribution in [0.3, 0.4) is 0 Å². The molecule has 0 aromatic heterocycles. The van der Waals surface area contributed by atoms with Crippen molar-refractivity contribution in [2.75, 3.05) is 12.9 Å². The maximum Gasteiger partial charge on any atom is 0.253 e. The van der Waals surface area contributed by atoms with Gasteiger partial charge in [-0.25, -0.2) is 5.01 Å². The number of methoxy groups -OCH3 is 1. The molecule has 5 rings (SSSR count). The van der Waals surface area contributed by atoms with Crippen molar-refractivity contribution in [1.82, 2.24) is 5.01 Å². The van der Waals surface area contributed by atoms with Crippen molar-refractivity contribution in [2.24, 2.45) is 11.0 Å². The second kappa shape index (κ2) is 8.60. The largest absolute Gasteiger partial charge is 0.497 e. The van der Waals surface area contributed by atoms with E-state index in [-0.39, 0.29) is 17.9 Å². The summed E-state index contributed by atoms with van der Waals surface area (Å²) in [7, 11) is 1.67. The fourth-order valence-electron chi connectivity index (χ4n) is 4.53. The lowest BCUT2D eigenvalue weighted by Crippen LogP contribution is -2.33. The summed E-state index contributed by atoms with van der Waals surface area (Å²) in [5, 5.41) is 6.66. The van der Waals surface area contributed by atoms with Crippen LogP contribution in [-0.2, 0) is 11.2 Å². The van der Waals surface area contributed by atoms with Gasteiger partial charge >= 0.3 is 0 Å². The van der Waals surface area contributed by atoms with Gasteiger partial charge < -0.3 is 4.74 Å². The van der Waals surface area contributed by atoms with E-state index in [1.54, 1.807) is 23.9 Å². The van der Waals surface area contributed by atoms with E-state index in [2.05, 4.69) is 36.4 Å². The summed E-state index contributed by atoms with van der Waals surface area (Å²) in [5.74, 6) is 1.42. The number of carbonyl (C=O) groups is 1. The van der Waals surface area contributed by atoms with E-state index in [9.17, 15) is 4.79 Å². The Morgan fingerprint density at radius 1 is 1.03 bits per heavy atom. The number of ether oxygens (including phenoxy) is 1. The molecule has 0 saturated heterocycles. The molecule has 2 aliphatic rings. The second-order valence-electron chi connectivity index (χ2n) is 7.85. The van der Waals surface area contributed by atoms with E-state index in [1.165, 1.54) is 11.1 Å². The molecule has 156 valence electrons. The van der Waals surface area contributed by atoms with E-state index in [0.717, 1.165) is 34.8 Å². The first-order valence-electron chi connectivity index (χ1n) is 10.6. The molecule has 2 atom stereocenters. The Morgan fingerprint density at radius 2 is 1.77 bits per heavy atom. The summed E-state index contributed by atoms with van der Waals surface area (Å²) < 4.78 is 5.33. The monoisotopic (exact) mass is 428 g/mol. The van der Waals surface area contributed by atoms with Gasteiger partial charge in [-0.2, -0.15) is 5.10 Å². The summed E-state index contributed by atoms with van der Waals surface area (Å²) in [6, 6.07) is 26.5. The SMILES string of the molecule is COc1ccc(C2C3CCc4ccccc4C3=NN2C(=O)CSc2ccccc2)cc1. The summed E-state index contributed by atoms with van der Waals surface area (Å²) in [6.07, 6.45) is 2.00. The van der Waals surface area contributed by atoms with Crippen LogP contribution in [0.1, 0.15) is 29.2 Å². The van der Waals surface area contributed by atoms with Crippen LogP contribution in [0.15, 0.2) is 88.9 Å². The van der Waals surface area contributed by atoms with E-state index in [1.807, 2.05) is 42.5 Å². The van der Waals surface area contributed by atoms with Crippen molar-refractivity contribution in [3.63, 3.8) is 0 Å². The second-order valence-corrected chi connectivity index (χ2v) is 8.89. The lowest BCUT2D eigenvalue weighted by Gasteiger charge is -2.29. The third-order valence-corrected chi connectivity index (χ3v) is 7.04. The summed E-state index contributed by atoms with van der Waals surface area (Å²) >= 11 is 1.56. The zero-order chi connectivity index (χ0) is 21.2. The number of hydrogen-bond acceptors (Lipinski definition) is 4. The summed E-state index contributed by atoms with van der Waals surface area (Å²) in [5.41, 5.74) is 4.64. The highest BCUT2D eigenvalue weighted by Gasteiger charge is 2.43. The molecule has 1 amide bonds. The van der Waals surface area contributed by atoms with Crippen molar-refractivity contribution < 1.29 is 9.53 Å². The first kappa shape index (κ1) is 19.9. The third-order valence-electron chi connectivity index (χ3n) is 6.05. The van der Waals surface area contributed by atoms with Gasteiger partial charge in [0.2, 0.25) is 0 Å². The minimum absolute atomic E-state index is 0.0362. The molecule has 2 unspecified atom stereocenters. The zero-order valence-electron chi connectivity index (χ0n) is 17.4. The molecular weight excluding hydrogens is 404 g/mol. The Labute approximate surface area is 186 Å². The average Bonchev–Trinajstić information content (AvgIpc) is 3.23. The molecular formula is C26H24N2O2S. The minimum atomic E-state index is -0.0851. The molecule has 3 aromatic rings. The molecule has 0 bridgehead atoms. The first-order valence-corrected chi connectivity index (χ1v) is 11.5. The Kier molecular flexibility index (Phi) is 5.51. The van der Waals surface area contributed by atoms with Gasteiger partial charge in [0.25, 0.3) is 5.91 Å². The molecule has 31 heavy (non-hydrogen) atoms. The number of hydrazone groups is 1. The number of fused-ring (bicyclic) bond motifs is 3. The van der Waals surface area contributed by atoms with Crippen LogP contribution in [0, 0.1) is 5.92 Å². The molecule has 0 fully saturated rings. The molecule has 1 heterocycles. The molecule has 4 nitrogen and oxygen atoms in total. The highest BCUT2D eigenvalue weighted by atomic mass is 32.2. The standard InChI is InChI=1S/C26H24N2O2S/c1-30-20-14-11-19(12-15-20)26-23-16-13-18-7-5-6-10-22(18)25(23)27-28(26)24(29)17-31-21-8-3-2-4-9-21/h2-12,14-15,23,26H,13,16-17H2,1H3. The van der Waals surface area contributed by atoms with Gasteiger partial charge in [-0.3, -0.25) is 4.79 Å². The first-order chi connectivity index (χ1) is 15.2. The fraction of sp³-hybridized carbons (Fsp3) is 0.231. The van der Waals surface area contributed by atoms with Crippen molar-refractivity contribution in [3.8, 4) is 5.75 Å². The number of rotatable bonds is 5. The van der Waals surface area contributed by atoms with Crippen molar-refractivity contribution >= 4 is 23.4 Å². The summed E-state index contributed by atoms with van der Waals surface area (Å²) in [6.45, 7) is 0. The predicted octanol–water partition coefficient (Wildman–Crippen LogP) is 5.34. The van der Waals surface area contributed by atoms with Crippen LogP contribution in [0.4, 0.5) is 0 Å². The van der Waals surface area contributed by atoms with Crippen LogP contribution < -0.4 is 4.74 Å². The average molecular weight is 429 g/mol. The summed E-state index contributed by atoms with van der Waals surface area (Å²) in [4.78, 5) is 14.4. The number of hydrogen-bond donors (Lipinski definition) is 0. The van der Waals surface area contributed by atoms with Gasteiger partial charge in [-0.1, -0.05) is 54.6 Å². The van der Waals surface area contributed by atoms with Crippen LogP contribution in [-0.4, -0.2) is 29.5 Å². The topological polar surface area (TPSA) is 41.9 Å². The number of nitrogens with zero attached hydrogens (tertiary/aromatic N) is 2. The van der Waals surface area contributed by atoms with E-state index in [0.29, 0.717) is 5.75 Å². The quantitative estimate of drug-likeness (QED) is 0.515. The molecule has 3 aromatic carbocycles. The van der Waals surface area contributed by atoms with Crippen molar-refractivity contribution in [2.45, 2.75) is 23.8 Å². The normalized spacial score (nSPS) is 19.4. The number of carbonyl (C=O) groups excluding carboxylic acids is 1. The zero-order valence-corrected chi connectivity index (χ0v) is 18.2.